The zero-order valence-corrected chi connectivity index (χ0v) is 10.2. The molecule has 13 heavy (non-hydrogen) atoms. The van der Waals surface area contributed by atoms with E-state index < -0.39 is 0 Å². The van der Waals surface area contributed by atoms with Gasteiger partial charge in [0.2, 0.25) is 0 Å². The first-order valence-corrected chi connectivity index (χ1v) is 6.68. The lowest BCUT2D eigenvalue weighted by atomic mass is 9.62. The molecule has 1 heterocycles. The van der Waals surface area contributed by atoms with E-state index in [1.165, 1.54) is 24.3 Å². The maximum atomic E-state index is 4.35. The topological polar surface area (TPSA) is 12.9 Å². The fraction of sp³-hybridized carbons (Fsp3) is 0.700. The molecule has 3 heteroatoms. The fourth-order valence-electron chi connectivity index (χ4n) is 2.38. The highest BCUT2D eigenvalue weighted by Gasteiger charge is 2.41. The molecule has 0 aromatic carbocycles. The summed E-state index contributed by atoms with van der Waals surface area (Å²) in [6, 6.07) is 0. The van der Waals surface area contributed by atoms with Gasteiger partial charge in [0, 0.05) is 23.3 Å². The first-order valence-electron chi connectivity index (χ1n) is 4.68. The van der Waals surface area contributed by atoms with Crippen molar-refractivity contribution >= 4 is 27.3 Å². The van der Waals surface area contributed by atoms with Gasteiger partial charge in [-0.15, -0.1) is 11.3 Å². The van der Waals surface area contributed by atoms with Gasteiger partial charge in [-0.3, -0.25) is 0 Å². The van der Waals surface area contributed by atoms with Crippen molar-refractivity contribution in [1.82, 2.24) is 4.98 Å². The zero-order valence-electron chi connectivity index (χ0n) is 7.79. The van der Waals surface area contributed by atoms with Gasteiger partial charge in [0.1, 0.15) is 0 Å². The number of rotatable bonds is 3. The van der Waals surface area contributed by atoms with Crippen LogP contribution in [0.25, 0.3) is 0 Å². The highest BCUT2D eigenvalue weighted by atomic mass is 79.9. The van der Waals surface area contributed by atoms with Crippen LogP contribution in [0.5, 0.6) is 0 Å². The Kier molecular flexibility index (Phi) is 2.75. The molecule has 1 aliphatic rings. The van der Waals surface area contributed by atoms with E-state index >= 15 is 0 Å². The Labute approximate surface area is 91.7 Å². The maximum absolute atomic E-state index is 4.35. The molecular formula is C10H14BrNS. The van der Waals surface area contributed by atoms with E-state index in [1.807, 2.05) is 6.20 Å². The highest BCUT2D eigenvalue weighted by molar-refractivity contribution is 9.09. The van der Waals surface area contributed by atoms with Gasteiger partial charge < -0.3 is 0 Å². The molecule has 1 fully saturated rings. The summed E-state index contributed by atoms with van der Waals surface area (Å²) >= 11 is 5.42. The summed E-state index contributed by atoms with van der Waals surface area (Å²) < 4.78 is 0. The van der Waals surface area contributed by atoms with Crippen LogP contribution in [-0.2, 0) is 6.42 Å². The SMILES string of the molecule is CC1CC(CBr)(Cc2nccs2)C1. The van der Waals surface area contributed by atoms with Gasteiger partial charge in [-0.05, 0) is 24.2 Å². The van der Waals surface area contributed by atoms with Gasteiger partial charge in [-0.2, -0.15) is 0 Å². The van der Waals surface area contributed by atoms with Gasteiger partial charge in [0.25, 0.3) is 0 Å². The summed E-state index contributed by atoms with van der Waals surface area (Å²) in [6.45, 7) is 2.34. The molecular weight excluding hydrogens is 246 g/mol. The first kappa shape index (κ1) is 9.66. The van der Waals surface area contributed by atoms with Crippen molar-refractivity contribution in [1.29, 1.82) is 0 Å². The second-order valence-electron chi connectivity index (χ2n) is 4.25. The third-order valence-corrected chi connectivity index (χ3v) is 4.83. The van der Waals surface area contributed by atoms with Crippen LogP contribution in [0, 0.1) is 11.3 Å². The number of thiazole rings is 1. The molecule has 0 saturated heterocycles. The maximum Gasteiger partial charge on any atom is 0.0930 e. The van der Waals surface area contributed by atoms with Gasteiger partial charge in [0.15, 0.2) is 0 Å². The van der Waals surface area contributed by atoms with Crippen molar-refractivity contribution in [2.75, 3.05) is 5.33 Å². The molecule has 1 saturated carbocycles. The quantitative estimate of drug-likeness (QED) is 0.758. The van der Waals surface area contributed by atoms with Crippen LogP contribution in [0.1, 0.15) is 24.8 Å². The van der Waals surface area contributed by atoms with Crippen molar-refractivity contribution in [3.8, 4) is 0 Å². The molecule has 0 aliphatic heterocycles. The average molecular weight is 260 g/mol. The highest BCUT2D eigenvalue weighted by Crippen LogP contribution is 2.48. The largest absolute Gasteiger partial charge is 0.250 e. The van der Waals surface area contributed by atoms with Crippen LogP contribution < -0.4 is 0 Å². The Balaban J connectivity index is 2.00. The van der Waals surface area contributed by atoms with Gasteiger partial charge in [0.05, 0.1) is 5.01 Å². The van der Waals surface area contributed by atoms with Crippen LogP contribution in [0.2, 0.25) is 0 Å². The molecule has 0 N–H and O–H groups in total. The number of aromatic nitrogens is 1. The number of halogens is 1. The second-order valence-corrected chi connectivity index (χ2v) is 5.79. The minimum absolute atomic E-state index is 0.525. The molecule has 2 rings (SSSR count). The summed E-state index contributed by atoms with van der Waals surface area (Å²) in [4.78, 5) is 4.35. The number of hydrogen-bond acceptors (Lipinski definition) is 2. The van der Waals surface area contributed by atoms with Gasteiger partial charge in [-0.1, -0.05) is 22.9 Å². The van der Waals surface area contributed by atoms with Crippen molar-refractivity contribution in [3.63, 3.8) is 0 Å². The molecule has 1 aromatic heterocycles. The van der Waals surface area contributed by atoms with Crippen molar-refractivity contribution in [3.05, 3.63) is 16.6 Å². The third kappa shape index (κ3) is 1.96. The van der Waals surface area contributed by atoms with Crippen LogP contribution in [-0.4, -0.2) is 10.3 Å². The van der Waals surface area contributed by atoms with Gasteiger partial charge >= 0.3 is 0 Å². The molecule has 0 atom stereocenters. The first-order chi connectivity index (χ1) is 6.24. The summed E-state index contributed by atoms with van der Waals surface area (Å²) in [7, 11) is 0. The van der Waals surface area contributed by atoms with Crippen LogP contribution >= 0.6 is 27.3 Å². The number of nitrogens with zero attached hydrogens (tertiary/aromatic N) is 1. The lowest BCUT2D eigenvalue weighted by molar-refractivity contribution is 0.0954. The van der Waals surface area contributed by atoms with Crippen LogP contribution in [0.4, 0.5) is 0 Å². The number of alkyl halides is 1. The van der Waals surface area contributed by atoms with E-state index in [-0.39, 0.29) is 0 Å². The minimum atomic E-state index is 0.525. The summed E-state index contributed by atoms with van der Waals surface area (Å²) in [5, 5.41) is 4.50. The monoisotopic (exact) mass is 259 g/mol. The van der Waals surface area contributed by atoms with Crippen LogP contribution in [0.3, 0.4) is 0 Å². The molecule has 1 aromatic rings. The normalized spacial score (nSPS) is 32.9. The van der Waals surface area contributed by atoms with E-state index in [9.17, 15) is 0 Å². The molecule has 0 spiro atoms. The fourth-order valence-corrected chi connectivity index (χ4v) is 3.83. The molecule has 0 unspecified atom stereocenters. The molecule has 0 amide bonds. The summed E-state index contributed by atoms with van der Waals surface area (Å²) in [5.74, 6) is 0.914. The Hall–Kier alpha value is 0.110. The predicted molar refractivity (Wildman–Crippen MR) is 60.4 cm³/mol. The van der Waals surface area contributed by atoms with Gasteiger partial charge in [-0.25, -0.2) is 4.98 Å². The zero-order chi connectivity index (χ0) is 9.31. The lowest BCUT2D eigenvalue weighted by Crippen LogP contribution is -2.39. The molecule has 72 valence electrons. The Bertz CT molecular complexity index is 264. The third-order valence-electron chi connectivity index (χ3n) is 2.86. The standard InChI is InChI=1S/C10H14BrNS/c1-8-4-10(5-8,7-11)6-9-12-2-3-13-9/h2-3,8H,4-7H2,1H3. The molecule has 1 aliphatic carbocycles. The van der Waals surface area contributed by atoms with Crippen molar-refractivity contribution in [2.24, 2.45) is 11.3 Å². The predicted octanol–water partition coefficient (Wildman–Crippen LogP) is 3.50. The van der Waals surface area contributed by atoms with E-state index in [1.54, 1.807) is 11.3 Å². The van der Waals surface area contributed by atoms with E-state index in [0.717, 1.165) is 11.2 Å². The average Bonchev–Trinajstić information content (AvgIpc) is 2.53. The Morgan fingerprint density at radius 1 is 1.69 bits per heavy atom. The van der Waals surface area contributed by atoms with E-state index in [0.29, 0.717) is 5.41 Å². The second kappa shape index (κ2) is 3.70. The Morgan fingerprint density at radius 2 is 2.46 bits per heavy atom. The van der Waals surface area contributed by atoms with E-state index in [4.69, 9.17) is 0 Å². The van der Waals surface area contributed by atoms with Crippen LogP contribution in [0.15, 0.2) is 11.6 Å². The van der Waals surface area contributed by atoms with E-state index in [2.05, 4.69) is 33.2 Å². The number of hydrogen-bond donors (Lipinski definition) is 0. The lowest BCUT2D eigenvalue weighted by Gasteiger charge is -2.45. The smallest absolute Gasteiger partial charge is 0.0930 e. The molecule has 1 nitrogen and oxygen atoms in total. The summed E-state index contributed by atoms with van der Waals surface area (Å²) in [5.41, 5.74) is 0.525. The molecule has 0 bridgehead atoms. The Morgan fingerprint density at radius 3 is 2.92 bits per heavy atom. The minimum Gasteiger partial charge on any atom is -0.250 e. The molecule has 0 radical (unpaired) electrons. The van der Waals surface area contributed by atoms with Crippen molar-refractivity contribution < 1.29 is 0 Å². The van der Waals surface area contributed by atoms with Crippen molar-refractivity contribution in [2.45, 2.75) is 26.2 Å². The summed E-state index contributed by atoms with van der Waals surface area (Å²) in [6.07, 6.45) is 5.79.